The minimum atomic E-state index is -3.89. The van der Waals surface area contributed by atoms with Crippen molar-refractivity contribution in [3.63, 3.8) is 0 Å². The van der Waals surface area contributed by atoms with Crippen molar-refractivity contribution >= 4 is 15.9 Å². The zero-order valence-corrected chi connectivity index (χ0v) is 19.6. The number of ether oxygens (including phenoxy) is 3. The molecule has 0 heterocycles. The first-order valence-corrected chi connectivity index (χ1v) is 11.2. The Bertz CT molecular complexity index is 1020. The SMILES string of the molecule is COc1ccc(S(=O)(=O)N(C)CC(=O)NC(C)COc2ccc(C)c(C)c2)cc1OC. The summed E-state index contributed by atoms with van der Waals surface area (Å²) in [7, 11) is 0.352. The maximum absolute atomic E-state index is 12.8. The van der Waals surface area contributed by atoms with Crippen LogP contribution in [0.4, 0.5) is 0 Å². The van der Waals surface area contributed by atoms with Gasteiger partial charge in [-0.15, -0.1) is 0 Å². The van der Waals surface area contributed by atoms with Gasteiger partial charge in [-0.1, -0.05) is 6.07 Å². The van der Waals surface area contributed by atoms with Crippen molar-refractivity contribution in [1.82, 2.24) is 9.62 Å². The minimum absolute atomic E-state index is 0.00609. The fourth-order valence-electron chi connectivity index (χ4n) is 2.83. The molecule has 31 heavy (non-hydrogen) atoms. The molecule has 0 radical (unpaired) electrons. The number of hydrogen-bond donors (Lipinski definition) is 1. The van der Waals surface area contributed by atoms with E-state index in [0.717, 1.165) is 15.6 Å². The molecule has 0 saturated heterocycles. The molecule has 0 aliphatic rings. The summed E-state index contributed by atoms with van der Waals surface area (Å²) >= 11 is 0. The molecule has 170 valence electrons. The van der Waals surface area contributed by atoms with E-state index < -0.39 is 15.9 Å². The van der Waals surface area contributed by atoms with E-state index in [0.29, 0.717) is 11.5 Å². The van der Waals surface area contributed by atoms with E-state index in [-0.39, 0.29) is 24.1 Å². The van der Waals surface area contributed by atoms with E-state index in [4.69, 9.17) is 14.2 Å². The lowest BCUT2D eigenvalue weighted by atomic mass is 10.1. The number of benzene rings is 2. The number of aryl methyl sites for hydroxylation is 2. The molecular weight excluding hydrogens is 420 g/mol. The van der Waals surface area contributed by atoms with Crippen LogP contribution in [-0.2, 0) is 14.8 Å². The third kappa shape index (κ3) is 6.35. The molecular formula is C22H30N2O6S. The third-order valence-corrected chi connectivity index (χ3v) is 6.61. The van der Waals surface area contributed by atoms with Gasteiger partial charge in [0.2, 0.25) is 15.9 Å². The molecule has 1 unspecified atom stereocenters. The summed E-state index contributed by atoms with van der Waals surface area (Å²) in [5, 5.41) is 2.76. The first kappa shape index (κ1) is 24.5. The number of amides is 1. The van der Waals surface area contributed by atoms with Crippen LogP contribution in [0.3, 0.4) is 0 Å². The average molecular weight is 451 g/mol. The standard InChI is InChI=1S/C22H30N2O6S/c1-15-7-8-18(11-16(15)2)30-14-17(3)23-22(25)13-24(4)31(26,27)19-9-10-20(28-5)21(12-19)29-6/h7-12,17H,13-14H2,1-6H3,(H,23,25). The van der Waals surface area contributed by atoms with Gasteiger partial charge in [0.25, 0.3) is 0 Å². The van der Waals surface area contributed by atoms with E-state index in [2.05, 4.69) is 5.32 Å². The smallest absolute Gasteiger partial charge is 0.243 e. The van der Waals surface area contributed by atoms with Gasteiger partial charge >= 0.3 is 0 Å². The highest BCUT2D eigenvalue weighted by molar-refractivity contribution is 7.89. The molecule has 0 aliphatic carbocycles. The first-order valence-electron chi connectivity index (χ1n) is 9.76. The molecule has 0 bridgehead atoms. The summed E-state index contributed by atoms with van der Waals surface area (Å²) < 4.78 is 42.6. The van der Waals surface area contributed by atoms with Gasteiger partial charge in [-0.25, -0.2) is 8.42 Å². The van der Waals surface area contributed by atoms with Crippen molar-refractivity contribution in [2.24, 2.45) is 0 Å². The molecule has 0 aromatic heterocycles. The van der Waals surface area contributed by atoms with Crippen LogP contribution in [0.5, 0.6) is 17.2 Å². The molecule has 8 nitrogen and oxygen atoms in total. The Morgan fingerprint density at radius 3 is 2.32 bits per heavy atom. The Labute approximate surface area is 184 Å². The Hall–Kier alpha value is -2.78. The van der Waals surface area contributed by atoms with E-state index in [1.54, 1.807) is 6.92 Å². The Balaban J connectivity index is 1.95. The number of sulfonamides is 1. The van der Waals surface area contributed by atoms with Crippen LogP contribution in [0.15, 0.2) is 41.3 Å². The number of carbonyl (C=O) groups is 1. The quantitative estimate of drug-likeness (QED) is 0.598. The maximum Gasteiger partial charge on any atom is 0.243 e. The highest BCUT2D eigenvalue weighted by Crippen LogP contribution is 2.30. The molecule has 9 heteroatoms. The van der Waals surface area contributed by atoms with Crippen molar-refractivity contribution in [3.05, 3.63) is 47.5 Å². The predicted molar refractivity (Wildman–Crippen MR) is 118 cm³/mol. The molecule has 1 atom stereocenters. The van der Waals surface area contributed by atoms with Crippen LogP contribution >= 0.6 is 0 Å². The molecule has 2 rings (SSSR count). The van der Waals surface area contributed by atoms with Crippen molar-refractivity contribution in [3.8, 4) is 17.2 Å². The van der Waals surface area contributed by atoms with E-state index in [1.165, 1.54) is 45.0 Å². The summed E-state index contributed by atoms with van der Waals surface area (Å²) in [5.41, 5.74) is 2.30. The Morgan fingerprint density at radius 1 is 1.03 bits per heavy atom. The lowest BCUT2D eigenvalue weighted by molar-refractivity contribution is -0.121. The molecule has 0 fully saturated rings. The fourth-order valence-corrected chi connectivity index (χ4v) is 3.97. The highest BCUT2D eigenvalue weighted by atomic mass is 32.2. The molecule has 2 aromatic rings. The second-order valence-corrected chi connectivity index (χ2v) is 9.35. The monoisotopic (exact) mass is 450 g/mol. The van der Waals surface area contributed by atoms with Gasteiger partial charge in [0, 0.05) is 13.1 Å². The summed E-state index contributed by atoms with van der Waals surface area (Å²) in [6.07, 6.45) is 0. The van der Waals surface area contributed by atoms with Gasteiger partial charge in [-0.3, -0.25) is 4.79 Å². The molecule has 0 aliphatic heterocycles. The fraction of sp³-hybridized carbons (Fsp3) is 0.409. The van der Waals surface area contributed by atoms with Gasteiger partial charge in [-0.2, -0.15) is 4.31 Å². The van der Waals surface area contributed by atoms with E-state index in [1.807, 2.05) is 32.0 Å². The number of nitrogens with zero attached hydrogens (tertiary/aromatic N) is 1. The molecule has 1 N–H and O–H groups in total. The molecule has 0 saturated carbocycles. The Kier molecular flexibility index (Phi) is 8.29. The lowest BCUT2D eigenvalue weighted by Crippen LogP contribution is -2.43. The predicted octanol–water partition coefficient (Wildman–Crippen LogP) is 2.52. The zero-order chi connectivity index (χ0) is 23.2. The van der Waals surface area contributed by atoms with Gasteiger partial charge < -0.3 is 19.5 Å². The van der Waals surface area contributed by atoms with Crippen LogP contribution in [0, 0.1) is 13.8 Å². The number of rotatable bonds is 10. The van der Waals surface area contributed by atoms with E-state index in [9.17, 15) is 13.2 Å². The molecule has 2 aromatic carbocycles. The van der Waals surface area contributed by atoms with Gasteiger partial charge in [0.1, 0.15) is 12.4 Å². The maximum atomic E-state index is 12.8. The summed E-state index contributed by atoms with van der Waals surface area (Å²) in [6.45, 7) is 5.75. The van der Waals surface area contributed by atoms with Crippen molar-refractivity contribution in [1.29, 1.82) is 0 Å². The third-order valence-electron chi connectivity index (χ3n) is 4.82. The zero-order valence-electron chi connectivity index (χ0n) is 18.8. The average Bonchev–Trinajstić information content (AvgIpc) is 2.73. The summed E-state index contributed by atoms with van der Waals surface area (Å²) in [6, 6.07) is 9.76. The molecule has 0 spiro atoms. The normalized spacial score (nSPS) is 12.4. The van der Waals surface area contributed by atoms with Crippen LogP contribution in [0.1, 0.15) is 18.1 Å². The van der Waals surface area contributed by atoms with Crippen molar-refractivity contribution in [2.45, 2.75) is 31.7 Å². The number of carbonyl (C=O) groups excluding carboxylic acids is 1. The number of methoxy groups -OCH3 is 2. The van der Waals surface area contributed by atoms with Crippen molar-refractivity contribution in [2.75, 3.05) is 34.4 Å². The van der Waals surface area contributed by atoms with Crippen molar-refractivity contribution < 1.29 is 27.4 Å². The molecule has 1 amide bonds. The Morgan fingerprint density at radius 2 is 1.71 bits per heavy atom. The summed E-state index contributed by atoms with van der Waals surface area (Å²) in [5.74, 6) is 0.998. The minimum Gasteiger partial charge on any atom is -0.493 e. The van der Waals surface area contributed by atoms with E-state index >= 15 is 0 Å². The van der Waals surface area contributed by atoms with Crippen LogP contribution in [-0.4, -0.2) is 59.1 Å². The van der Waals surface area contributed by atoms with Crippen LogP contribution < -0.4 is 19.5 Å². The largest absolute Gasteiger partial charge is 0.493 e. The summed E-state index contributed by atoms with van der Waals surface area (Å²) in [4.78, 5) is 12.4. The number of hydrogen-bond acceptors (Lipinski definition) is 6. The first-order chi connectivity index (χ1) is 14.6. The topological polar surface area (TPSA) is 94.2 Å². The number of nitrogens with one attached hydrogen (secondary N) is 1. The number of likely N-dealkylation sites (N-methyl/N-ethyl adjacent to an activating group) is 1. The van der Waals surface area contributed by atoms with Crippen LogP contribution in [0.2, 0.25) is 0 Å². The van der Waals surface area contributed by atoms with Gasteiger partial charge in [-0.05, 0) is 56.2 Å². The second kappa shape index (κ2) is 10.5. The highest BCUT2D eigenvalue weighted by Gasteiger charge is 2.25. The van der Waals surface area contributed by atoms with Crippen LogP contribution in [0.25, 0.3) is 0 Å². The lowest BCUT2D eigenvalue weighted by Gasteiger charge is -2.20. The van der Waals surface area contributed by atoms with Gasteiger partial charge in [0.05, 0.1) is 31.7 Å². The van der Waals surface area contributed by atoms with Gasteiger partial charge in [0.15, 0.2) is 11.5 Å². The second-order valence-electron chi connectivity index (χ2n) is 7.30.